The van der Waals surface area contributed by atoms with Crippen LogP contribution in [0.5, 0.6) is 0 Å². The number of rotatable bonds is 7. The zero-order chi connectivity index (χ0) is 41.7. The van der Waals surface area contributed by atoms with Gasteiger partial charge in [0.25, 0.3) is 0 Å². The zero-order valence-electron chi connectivity index (χ0n) is 34.1. The van der Waals surface area contributed by atoms with Gasteiger partial charge in [-0.2, -0.15) is 0 Å². The summed E-state index contributed by atoms with van der Waals surface area (Å²) in [6, 6.07) is 79.7. The van der Waals surface area contributed by atoms with Crippen molar-refractivity contribution in [3.8, 4) is 78.5 Å². The van der Waals surface area contributed by atoms with Crippen LogP contribution in [0.4, 0.5) is 0 Å². The third-order valence-electron chi connectivity index (χ3n) is 12.1. The molecule has 0 N–H and O–H groups in total. The third-order valence-corrected chi connectivity index (χ3v) is 13.3. The van der Waals surface area contributed by atoms with E-state index in [2.05, 4.69) is 206 Å². The van der Waals surface area contributed by atoms with Crippen molar-refractivity contribution in [3.05, 3.63) is 224 Å². The summed E-state index contributed by atoms with van der Waals surface area (Å²) in [6.07, 6.45) is 0. The molecule has 0 spiro atoms. The van der Waals surface area contributed by atoms with Crippen LogP contribution in [-0.4, -0.2) is 15.0 Å². The highest BCUT2D eigenvalue weighted by molar-refractivity contribution is 7.26. The van der Waals surface area contributed by atoms with Crippen LogP contribution in [0.3, 0.4) is 0 Å². The maximum Gasteiger partial charge on any atom is 0.160 e. The third kappa shape index (κ3) is 6.65. The van der Waals surface area contributed by atoms with Gasteiger partial charge in [-0.3, -0.25) is 0 Å². The van der Waals surface area contributed by atoms with Crippen molar-refractivity contribution < 1.29 is 0 Å². The van der Waals surface area contributed by atoms with E-state index >= 15 is 0 Å². The lowest BCUT2D eigenvalue weighted by atomic mass is 9.92. The Morgan fingerprint density at radius 2 is 0.841 bits per heavy atom. The normalized spacial score (nSPS) is 11.5. The summed E-state index contributed by atoms with van der Waals surface area (Å²) < 4.78 is 2.62. The molecule has 3 heterocycles. The molecule has 0 amide bonds. The van der Waals surface area contributed by atoms with Gasteiger partial charge in [0.05, 0.1) is 22.6 Å². The second-order valence-corrected chi connectivity index (χ2v) is 17.0. The Kier molecular flexibility index (Phi) is 9.02. The minimum atomic E-state index is 0.699. The summed E-state index contributed by atoms with van der Waals surface area (Å²) >= 11 is 1.86. The average molecular weight is 820 g/mol. The lowest BCUT2D eigenvalue weighted by molar-refractivity contribution is 1.18. The molecule has 4 heteroatoms. The van der Waals surface area contributed by atoms with Gasteiger partial charge < -0.3 is 0 Å². The van der Waals surface area contributed by atoms with Crippen molar-refractivity contribution in [2.24, 2.45) is 0 Å². The smallest absolute Gasteiger partial charge is 0.160 e. The Labute approximate surface area is 369 Å². The Morgan fingerprint density at radius 1 is 0.302 bits per heavy atom. The van der Waals surface area contributed by atoms with E-state index in [1.165, 1.54) is 42.2 Å². The molecular formula is C59H37N3S. The summed E-state index contributed by atoms with van der Waals surface area (Å²) in [7, 11) is 0. The number of hydrogen-bond acceptors (Lipinski definition) is 4. The van der Waals surface area contributed by atoms with Crippen LogP contribution >= 0.6 is 11.3 Å². The molecule has 0 aliphatic rings. The van der Waals surface area contributed by atoms with Crippen molar-refractivity contribution in [1.29, 1.82) is 0 Å². The number of fused-ring (bicyclic) bond motifs is 6. The van der Waals surface area contributed by atoms with Crippen molar-refractivity contribution in [2.45, 2.75) is 0 Å². The highest BCUT2D eigenvalue weighted by Gasteiger charge is 2.16. The van der Waals surface area contributed by atoms with Gasteiger partial charge in [0.15, 0.2) is 5.82 Å². The molecule has 0 aliphatic heterocycles. The fourth-order valence-corrected chi connectivity index (χ4v) is 10.3. The summed E-state index contributed by atoms with van der Waals surface area (Å²) in [5, 5.41) is 6.13. The predicted molar refractivity (Wildman–Crippen MR) is 266 cm³/mol. The minimum Gasteiger partial charge on any atom is -0.247 e. The molecule has 0 aliphatic carbocycles. The first-order chi connectivity index (χ1) is 31.2. The molecule has 9 aromatic carbocycles. The molecule has 0 bridgehead atoms. The summed E-state index contributed by atoms with van der Waals surface area (Å²) in [5.41, 5.74) is 15.0. The van der Waals surface area contributed by atoms with Gasteiger partial charge in [-0.1, -0.05) is 200 Å². The first-order valence-electron chi connectivity index (χ1n) is 21.3. The van der Waals surface area contributed by atoms with E-state index in [0.717, 1.165) is 72.3 Å². The van der Waals surface area contributed by atoms with Crippen LogP contribution in [0.1, 0.15) is 0 Å². The molecule has 12 aromatic rings. The first kappa shape index (κ1) is 36.8. The molecule has 294 valence electrons. The predicted octanol–water partition coefficient (Wildman–Crippen LogP) is 16.2. The number of nitrogens with zero attached hydrogens (tertiary/aromatic N) is 3. The summed E-state index contributed by atoms with van der Waals surface area (Å²) in [5.74, 6) is 0.699. The van der Waals surface area contributed by atoms with Gasteiger partial charge in [-0.05, 0) is 57.6 Å². The topological polar surface area (TPSA) is 38.7 Å². The molecule has 0 saturated carbocycles. The minimum absolute atomic E-state index is 0.699. The van der Waals surface area contributed by atoms with Crippen molar-refractivity contribution in [3.63, 3.8) is 0 Å². The van der Waals surface area contributed by atoms with Crippen molar-refractivity contribution in [1.82, 2.24) is 15.0 Å². The molecule has 0 fully saturated rings. The second kappa shape index (κ2) is 15.4. The fraction of sp³-hybridized carbons (Fsp3) is 0. The van der Waals surface area contributed by atoms with Crippen LogP contribution in [0.25, 0.3) is 120 Å². The number of para-hydroxylation sites is 1. The van der Waals surface area contributed by atoms with Gasteiger partial charge in [-0.15, -0.1) is 11.3 Å². The van der Waals surface area contributed by atoms with E-state index in [9.17, 15) is 0 Å². The lowest BCUT2D eigenvalue weighted by Gasteiger charge is -2.14. The summed E-state index contributed by atoms with van der Waals surface area (Å²) in [6.45, 7) is 0. The van der Waals surface area contributed by atoms with Crippen molar-refractivity contribution in [2.75, 3.05) is 0 Å². The summed E-state index contributed by atoms with van der Waals surface area (Å²) in [4.78, 5) is 15.5. The van der Waals surface area contributed by atoms with Gasteiger partial charge >= 0.3 is 0 Å². The van der Waals surface area contributed by atoms with Crippen molar-refractivity contribution >= 4 is 53.2 Å². The first-order valence-corrected chi connectivity index (χ1v) is 22.1. The maximum atomic E-state index is 5.18. The van der Waals surface area contributed by atoms with Crippen LogP contribution < -0.4 is 0 Å². The highest BCUT2D eigenvalue weighted by atomic mass is 32.1. The monoisotopic (exact) mass is 819 g/mol. The van der Waals surface area contributed by atoms with Gasteiger partial charge in [0, 0.05) is 58.6 Å². The largest absolute Gasteiger partial charge is 0.247 e. The molecule has 3 aromatic heterocycles. The number of thiophene rings is 1. The number of aromatic nitrogens is 3. The van der Waals surface area contributed by atoms with E-state index in [-0.39, 0.29) is 0 Å². The van der Waals surface area contributed by atoms with E-state index in [0.29, 0.717) is 5.82 Å². The molecule has 0 atom stereocenters. The standard InChI is InChI=1S/C59H37N3S/c1-3-14-42(15-4-1)57-51-25-12-22-46(56(51)50-21-7-9-26-52(50)60-57)39-30-28-38(29-31-39)44-18-11-19-45(36-44)54-37-53(61-59(62-54)43-16-5-2-6-17-43)41-34-32-40(33-35-41)47-23-13-24-49-48-20-8-10-27-55(48)63-58(47)49/h1-37H. The maximum absolute atomic E-state index is 5.18. The Bertz CT molecular complexity index is 3650. The molecule has 3 nitrogen and oxygen atoms in total. The number of benzene rings is 9. The average Bonchev–Trinajstić information content (AvgIpc) is 3.76. The lowest BCUT2D eigenvalue weighted by Crippen LogP contribution is -1.96. The van der Waals surface area contributed by atoms with Gasteiger partial charge in [0.1, 0.15) is 0 Å². The van der Waals surface area contributed by atoms with E-state index in [1.54, 1.807) is 0 Å². The molecule has 63 heavy (non-hydrogen) atoms. The van der Waals surface area contributed by atoms with Gasteiger partial charge in [0.2, 0.25) is 0 Å². The number of hydrogen-bond donors (Lipinski definition) is 0. The van der Waals surface area contributed by atoms with E-state index in [4.69, 9.17) is 15.0 Å². The van der Waals surface area contributed by atoms with Crippen LogP contribution in [0, 0.1) is 0 Å². The quantitative estimate of drug-likeness (QED) is 0.150. The van der Waals surface area contributed by atoms with Crippen LogP contribution in [-0.2, 0) is 0 Å². The fourth-order valence-electron chi connectivity index (χ4n) is 9.01. The van der Waals surface area contributed by atoms with E-state index < -0.39 is 0 Å². The Morgan fingerprint density at radius 3 is 1.62 bits per heavy atom. The molecule has 0 radical (unpaired) electrons. The Balaban J connectivity index is 0.907. The zero-order valence-corrected chi connectivity index (χ0v) is 34.9. The van der Waals surface area contributed by atoms with E-state index in [1.807, 2.05) is 29.5 Å². The second-order valence-electron chi connectivity index (χ2n) is 15.9. The SMILES string of the molecule is c1ccc(-c2nc(-c3ccc(-c4cccc5c4sc4ccccc45)cc3)cc(-c3cccc(-c4ccc(-c5cccc6c(-c7ccccc7)nc7ccccc7c56)cc4)c3)n2)cc1. The molecular weight excluding hydrogens is 783 g/mol. The number of pyridine rings is 1. The van der Waals surface area contributed by atoms with Crippen LogP contribution in [0.15, 0.2) is 224 Å². The highest BCUT2D eigenvalue weighted by Crippen LogP contribution is 2.42. The molecule has 0 saturated heterocycles. The molecule has 0 unspecified atom stereocenters. The molecule has 12 rings (SSSR count). The Hall–Kier alpha value is -8.05. The van der Waals surface area contributed by atoms with Crippen LogP contribution in [0.2, 0.25) is 0 Å². The van der Waals surface area contributed by atoms with Gasteiger partial charge in [-0.25, -0.2) is 15.0 Å².